The van der Waals surface area contributed by atoms with E-state index in [2.05, 4.69) is 58.9 Å². The standard InChI is InChI=1S/C16H16N2/c1-2-16(18-11-10-17-12-18)15-9-5-7-13-6-3-4-8-14(13)15/h3-12,16H,2H2,1H3. The molecule has 90 valence electrons. The van der Waals surface area contributed by atoms with Crippen LogP contribution in [0.4, 0.5) is 0 Å². The Hall–Kier alpha value is -2.09. The Bertz CT molecular complexity index is 636. The second-order valence-electron chi connectivity index (χ2n) is 4.50. The Morgan fingerprint density at radius 3 is 2.72 bits per heavy atom. The average molecular weight is 236 g/mol. The van der Waals surface area contributed by atoms with Gasteiger partial charge < -0.3 is 4.57 Å². The summed E-state index contributed by atoms with van der Waals surface area (Å²) in [6, 6.07) is 15.4. The van der Waals surface area contributed by atoms with Crippen LogP contribution in [-0.2, 0) is 0 Å². The highest BCUT2D eigenvalue weighted by Crippen LogP contribution is 2.28. The molecule has 0 radical (unpaired) electrons. The number of aromatic nitrogens is 2. The fourth-order valence-electron chi connectivity index (χ4n) is 2.59. The van der Waals surface area contributed by atoms with Crippen LogP contribution in [0.5, 0.6) is 0 Å². The van der Waals surface area contributed by atoms with Crippen LogP contribution >= 0.6 is 0 Å². The zero-order chi connectivity index (χ0) is 12.4. The van der Waals surface area contributed by atoms with Gasteiger partial charge in [0.2, 0.25) is 0 Å². The fourth-order valence-corrected chi connectivity index (χ4v) is 2.59. The summed E-state index contributed by atoms with van der Waals surface area (Å²) in [6.45, 7) is 2.21. The van der Waals surface area contributed by atoms with Gasteiger partial charge in [-0.25, -0.2) is 4.98 Å². The van der Waals surface area contributed by atoms with Crippen LogP contribution in [0.3, 0.4) is 0 Å². The summed E-state index contributed by atoms with van der Waals surface area (Å²) >= 11 is 0. The molecule has 1 unspecified atom stereocenters. The van der Waals surface area contributed by atoms with Gasteiger partial charge in [0.1, 0.15) is 0 Å². The molecule has 1 atom stereocenters. The first-order valence-electron chi connectivity index (χ1n) is 6.35. The van der Waals surface area contributed by atoms with Crippen molar-refractivity contribution in [1.29, 1.82) is 0 Å². The first kappa shape index (κ1) is 11.0. The molecule has 3 rings (SSSR count). The number of benzene rings is 2. The van der Waals surface area contributed by atoms with Gasteiger partial charge in [-0.15, -0.1) is 0 Å². The molecule has 3 aromatic rings. The molecule has 1 heterocycles. The summed E-state index contributed by atoms with van der Waals surface area (Å²) in [7, 11) is 0. The SMILES string of the molecule is CCC(c1cccc2ccccc12)n1ccnc1. The Morgan fingerprint density at radius 1 is 1.11 bits per heavy atom. The topological polar surface area (TPSA) is 17.8 Å². The van der Waals surface area contributed by atoms with Crippen molar-refractivity contribution in [2.24, 2.45) is 0 Å². The number of hydrogen-bond donors (Lipinski definition) is 0. The predicted octanol–water partition coefficient (Wildman–Crippen LogP) is 4.04. The van der Waals surface area contributed by atoms with Gasteiger partial charge in [-0.3, -0.25) is 0 Å². The number of imidazole rings is 1. The summed E-state index contributed by atoms with van der Waals surface area (Å²) in [6.07, 6.45) is 6.84. The Balaban J connectivity index is 2.18. The van der Waals surface area contributed by atoms with E-state index in [4.69, 9.17) is 0 Å². The molecule has 0 fully saturated rings. The molecule has 0 N–H and O–H groups in total. The third-order valence-corrected chi connectivity index (χ3v) is 3.45. The Morgan fingerprint density at radius 2 is 1.94 bits per heavy atom. The molecule has 1 aromatic heterocycles. The second kappa shape index (κ2) is 4.65. The van der Waals surface area contributed by atoms with Crippen molar-refractivity contribution < 1.29 is 0 Å². The molecule has 2 aromatic carbocycles. The van der Waals surface area contributed by atoms with E-state index in [1.165, 1.54) is 16.3 Å². The highest BCUT2D eigenvalue weighted by Gasteiger charge is 2.13. The van der Waals surface area contributed by atoms with E-state index in [1.54, 1.807) is 0 Å². The van der Waals surface area contributed by atoms with Gasteiger partial charge in [-0.05, 0) is 22.8 Å². The van der Waals surface area contributed by atoms with Crippen LogP contribution in [0, 0.1) is 0 Å². The minimum absolute atomic E-state index is 0.360. The lowest BCUT2D eigenvalue weighted by atomic mass is 9.97. The molecule has 2 nitrogen and oxygen atoms in total. The van der Waals surface area contributed by atoms with Crippen LogP contribution in [0.1, 0.15) is 24.9 Å². The van der Waals surface area contributed by atoms with Gasteiger partial charge in [-0.2, -0.15) is 0 Å². The minimum Gasteiger partial charge on any atom is -0.330 e. The highest BCUT2D eigenvalue weighted by atomic mass is 15.0. The molecule has 0 aliphatic rings. The van der Waals surface area contributed by atoms with Gasteiger partial charge in [0.05, 0.1) is 12.4 Å². The third kappa shape index (κ3) is 1.80. The number of rotatable bonds is 3. The Labute approximate surface area is 107 Å². The van der Waals surface area contributed by atoms with E-state index in [-0.39, 0.29) is 0 Å². The monoisotopic (exact) mass is 236 g/mol. The van der Waals surface area contributed by atoms with E-state index >= 15 is 0 Å². The van der Waals surface area contributed by atoms with E-state index in [0.29, 0.717) is 6.04 Å². The summed E-state index contributed by atoms with van der Waals surface area (Å²) < 4.78 is 2.18. The van der Waals surface area contributed by atoms with Crippen molar-refractivity contribution in [3.8, 4) is 0 Å². The summed E-state index contributed by atoms with van der Waals surface area (Å²) in [5, 5.41) is 2.63. The van der Waals surface area contributed by atoms with Crippen molar-refractivity contribution in [3.05, 3.63) is 66.7 Å². The molecule has 0 aliphatic heterocycles. The summed E-state index contributed by atoms with van der Waals surface area (Å²) in [5.41, 5.74) is 1.37. The molecule has 0 amide bonds. The minimum atomic E-state index is 0.360. The largest absolute Gasteiger partial charge is 0.330 e. The van der Waals surface area contributed by atoms with Crippen LogP contribution in [0.2, 0.25) is 0 Å². The maximum absolute atomic E-state index is 4.16. The number of nitrogens with zero attached hydrogens (tertiary/aromatic N) is 2. The van der Waals surface area contributed by atoms with Gasteiger partial charge in [0.15, 0.2) is 0 Å². The molecular weight excluding hydrogens is 220 g/mol. The molecule has 2 heteroatoms. The normalized spacial score (nSPS) is 12.7. The zero-order valence-corrected chi connectivity index (χ0v) is 10.5. The molecule has 0 aliphatic carbocycles. The van der Waals surface area contributed by atoms with Crippen molar-refractivity contribution in [1.82, 2.24) is 9.55 Å². The number of fused-ring (bicyclic) bond motifs is 1. The average Bonchev–Trinajstić information content (AvgIpc) is 2.94. The lowest BCUT2D eigenvalue weighted by Gasteiger charge is -2.19. The summed E-state index contributed by atoms with van der Waals surface area (Å²) in [5.74, 6) is 0. The number of hydrogen-bond acceptors (Lipinski definition) is 1. The fraction of sp³-hybridized carbons (Fsp3) is 0.188. The van der Waals surface area contributed by atoms with Gasteiger partial charge in [0, 0.05) is 12.4 Å². The van der Waals surface area contributed by atoms with E-state index < -0.39 is 0 Å². The molecule has 0 bridgehead atoms. The Kier molecular flexibility index (Phi) is 2.85. The van der Waals surface area contributed by atoms with Crippen molar-refractivity contribution in [3.63, 3.8) is 0 Å². The predicted molar refractivity (Wildman–Crippen MR) is 74.6 cm³/mol. The van der Waals surface area contributed by atoms with Gasteiger partial charge >= 0.3 is 0 Å². The highest BCUT2D eigenvalue weighted by molar-refractivity contribution is 5.86. The van der Waals surface area contributed by atoms with Crippen molar-refractivity contribution in [2.45, 2.75) is 19.4 Å². The summed E-state index contributed by atoms with van der Waals surface area (Å²) in [4.78, 5) is 4.16. The molecular formula is C16H16N2. The van der Waals surface area contributed by atoms with E-state index in [1.807, 2.05) is 18.7 Å². The van der Waals surface area contributed by atoms with Crippen LogP contribution in [-0.4, -0.2) is 9.55 Å². The van der Waals surface area contributed by atoms with Crippen LogP contribution in [0.25, 0.3) is 10.8 Å². The molecule has 18 heavy (non-hydrogen) atoms. The van der Waals surface area contributed by atoms with Crippen molar-refractivity contribution in [2.75, 3.05) is 0 Å². The third-order valence-electron chi connectivity index (χ3n) is 3.45. The molecule has 0 spiro atoms. The lowest BCUT2D eigenvalue weighted by Crippen LogP contribution is -2.08. The first-order valence-corrected chi connectivity index (χ1v) is 6.35. The van der Waals surface area contributed by atoms with E-state index in [9.17, 15) is 0 Å². The molecule has 0 saturated carbocycles. The first-order chi connectivity index (χ1) is 8.90. The maximum atomic E-state index is 4.16. The molecule has 0 saturated heterocycles. The van der Waals surface area contributed by atoms with E-state index in [0.717, 1.165) is 6.42 Å². The van der Waals surface area contributed by atoms with Gasteiger partial charge in [-0.1, -0.05) is 49.4 Å². The van der Waals surface area contributed by atoms with Crippen molar-refractivity contribution >= 4 is 10.8 Å². The van der Waals surface area contributed by atoms with Gasteiger partial charge in [0.25, 0.3) is 0 Å². The smallest absolute Gasteiger partial charge is 0.0951 e. The quantitative estimate of drug-likeness (QED) is 0.671. The maximum Gasteiger partial charge on any atom is 0.0951 e. The lowest BCUT2D eigenvalue weighted by molar-refractivity contribution is 0.570. The van der Waals surface area contributed by atoms with Crippen LogP contribution < -0.4 is 0 Å². The zero-order valence-electron chi connectivity index (χ0n) is 10.5. The van der Waals surface area contributed by atoms with Crippen LogP contribution in [0.15, 0.2) is 61.2 Å². The second-order valence-corrected chi connectivity index (χ2v) is 4.50.